The molecule has 2 nitrogen and oxygen atoms in total. The molecule has 0 saturated carbocycles. The summed E-state index contributed by atoms with van der Waals surface area (Å²) in [6.45, 7) is 3.49. The van der Waals surface area contributed by atoms with Gasteiger partial charge in [0.05, 0.1) is 0 Å². The molecule has 0 N–H and O–H groups in total. The molecule has 0 fully saturated rings. The van der Waals surface area contributed by atoms with E-state index in [1.807, 2.05) is 0 Å². The second kappa shape index (κ2) is 5.49. The van der Waals surface area contributed by atoms with Gasteiger partial charge in [0, 0.05) is 9.92 Å². The number of hydrogen-bond acceptors (Lipinski definition) is 2. The predicted molar refractivity (Wildman–Crippen MR) is 48.1 cm³/mol. The smallest absolute Gasteiger partial charge is 0.768 e. The molecule has 1 aromatic carbocycles. The van der Waals surface area contributed by atoms with Crippen molar-refractivity contribution in [2.45, 2.75) is 18.7 Å². The molecule has 1 aromatic rings. The zero-order valence-electron chi connectivity index (χ0n) is 7.76. The van der Waals surface area contributed by atoms with Gasteiger partial charge in [0.1, 0.15) is 0 Å². The maximum Gasteiger partial charge on any atom is 1.00 e. The van der Waals surface area contributed by atoms with Gasteiger partial charge in [-0.3, -0.25) is 4.21 Å². The summed E-state index contributed by atoms with van der Waals surface area (Å²) in [5.74, 6) is 0. The Morgan fingerprint density at radius 1 is 1.31 bits per heavy atom. The summed E-state index contributed by atoms with van der Waals surface area (Å²) in [5.41, 5.74) is 1.46. The number of aryl methyl sites for hydroxylation is 2. The minimum Gasteiger partial charge on any atom is -0.768 e. The molecule has 13 heavy (non-hydrogen) atoms. The zero-order chi connectivity index (χ0) is 9.30. The van der Waals surface area contributed by atoms with Gasteiger partial charge >= 0.3 is 29.6 Å². The Morgan fingerprint density at radius 2 is 1.85 bits per heavy atom. The second-order valence-electron chi connectivity index (χ2n) is 2.60. The molecule has 1 rings (SSSR count). The molecule has 0 bridgehead atoms. The minimum absolute atomic E-state index is 0. The molecule has 0 aliphatic heterocycles. The van der Waals surface area contributed by atoms with Crippen molar-refractivity contribution in [2.75, 3.05) is 0 Å². The van der Waals surface area contributed by atoms with Crippen molar-refractivity contribution >= 4 is 22.7 Å². The summed E-state index contributed by atoms with van der Waals surface area (Å²) in [6, 6.07) is 3.22. The topological polar surface area (TPSA) is 40.1 Å². The number of rotatable bonds is 1. The molecule has 1 atom stereocenters. The molecule has 0 radical (unpaired) electrons. The average Bonchev–Trinajstić information content (AvgIpc) is 1.96. The largest absolute Gasteiger partial charge is 1.00 e. The van der Waals surface area contributed by atoms with Gasteiger partial charge in [0.2, 0.25) is 0 Å². The summed E-state index contributed by atoms with van der Waals surface area (Å²) in [6.07, 6.45) is 0. The van der Waals surface area contributed by atoms with Crippen molar-refractivity contribution in [3.05, 3.63) is 28.3 Å². The van der Waals surface area contributed by atoms with Gasteiger partial charge in [-0.05, 0) is 48.2 Å². The van der Waals surface area contributed by atoms with Crippen LogP contribution in [0.4, 0.5) is 0 Å². The van der Waals surface area contributed by atoms with E-state index in [9.17, 15) is 8.76 Å². The maximum atomic E-state index is 10.6. The predicted octanol–water partition coefficient (Wildman–Crippen LogP) is -0.801. The van der Waals surface area contributed by atoms with E-state index in [-0.39, 0.29) is 29.6 Å². The van der Waals surface area contributed by atoms with E-state index in [0.717, 1.165) is 5.56 Å². The monoisotopic (exact) mass is 226 g/mol. The van der Waals surface area contributed by atoms with Crippen LogP contribution in [0.2, 0.25) is 5.02 Å². The maximum absolute atomic E-state index is 10.6. The van der Waals surface area contributed by atoms with Crippen LogP contribution in [0.3, 0.4) is 0 Å². The number of hydrogen-bond donors (Lipinski definition) is 0. The van der Waals surface area contributed by atoms with E-state index in [0.29, 0.717) is 15.5 Å². The first kappa shape index (κ1) is 13.6. The Kier molecular flexibility index (Phi) is 5.75. The average molecular weight is 227 g/mol. The molecule has 0 amide bonds. The Morgan fingerprint density at radius 3 is 2.31 bits per heavy atom. The van der Waals surface area contributed by atoms with Crippen LogP contribution < -0.4 is 29.6 Å². The van der Waals surface area contributed by atoms with E-state index in [2.05, 4.69) is 0 Å². The molecular weight excluding hydrogens is 219 g/mol. The van der Waals surface area contributed by atoms with E-state index in [4.69, 9.17) is 11.6 Å². The quantitative estimate of drug-likeness (QED) is 0.465. The SMILES string of the molecule is Cc1cc(S(=O)[O-])c(C)cc1Cl.[Na+]. The third-order valence-corrected chi connectivity index (χ3v) is 2.84. The summed E-state index contributed by atoms with van der Waals surface area (Å²) < 4.78 is 21.3. The molecular formula is C8H8ClNaO2S. The van der Waals surface area contributed by atoms with Gasteiger partial charge < -0.3 is 4.55 Å². The Balaban J connectivity index is 0.00000144. The van der Waals surface area contributed by atoms with Crippen LogP contribution in [0, 0.1) is 13.8 Å². The second-order valence-corrected chi connectivity index (χ2v) is 3.92. The van der Waals surface area contributed by atoms with Crippen LogP contribution >= 0.6 is 11.6 Å². The van der Waals surface area contributed by atoms with Crippen molar-refractivity contribution in [3.8, 4) is 0 Å². The third-order valence-electron chi connectivity index (χ3n) is 1.64. The normalized spacial score (nSPS) is 12.0. The van der Waals surface area contributed by atoms with Crippen molar-refractivity contribution in [2.24, 2.45) is 0 Å². The molecule has 0 spiro atoms. The number of halogens is 1. The van der Waals surface area contributed by atoms with Crippen LogP contribution in [0.5, 0.6) is 0 Å². The third kappa shape index (κ3) is 3.35. The molecule has 1 unspecified atom stereocenters. The number of benzene rings is 1. The first-order chi connectivity index (χ1) is 5.52. The van der Waals surface area contributed by atoms with Gasteiger partial charge in [-0.25, -0.2) is 0 Å². The molecule has 0 aliphatic rings. The molecule has 0 aromatic heterocycles. The Labute approximate surface area is 107 Å². The van der Waals surface area contributed by atoms with Crippen LogP contribution in [0.25, 0.3) is 0 Å². The van der Waals surface area contributed by atoms with E-state index >= 15 is 0 Å². The van der Waals surface area contributed by atoms with Gasteiger partial charge in [-0.2, -0.15) is 0 Å². The fraction of sp³-hybridized carbons (Fsp3) is 0.250. The molecule has 0 saturated heterocycles. The van der Waals surface area contributed by atoms with E-state index in [1.54, 1.807) is 26.0 Å². The van der Waals surface area contributed by atoms with Crippen LogP contribution in [-0.4, -0.2) is 8.76 Å². The minimum atomic E-state index is -2.17. The Bertz CT molecular complexity index is 341. The molecule has 5 heteroatoms. The standard InChI is InChI=1S/C8H9ClO2S.Na/c1-5-4-8(12(10)11)6(2)3-7(5)9;/h3-4H,1-2H3,(H,10,11);/q;+1/p-1. The van der Waals surface area contributed by atoms with Gasteiger partial charge in [0.15, 0.2) is 0 Å². The first-order valence-electron chi connectivity index (χ1n) is 3.38. The van der Waals surface area contributed by atoms with Crippen molar-refractivity contribution in [1.82, 2.24) is 0 Å². The van der Waals surface area contributed by atoms with Crippen molar-refractivity contribution < 1.29 is 38.3 Å². The van der Waals surface area contributed by atoms with Crippen molar-refractivity contribution in [1.29, 1.82) is 0 Å². The zero-order valence-corrected chi connectivity index (χ0v) is 11.3. The molecule has 66 valence electrons. The van der Waals surface area contributed by atoms with Gasteiger partial charge in [-0.15, -0.1) is 0 Å². The fourth-order valence-corrected chi connectivity index (χ4v) is 1.75. The van der Waals surface area contributed by atoms with Crippen LogP contribution in [0.15, 0.2) is 17.0 Å². The summed E-state index contributed by atoms with van der Waals surface area (Å²) >= 11 is 3.62. The summed E-state index contributed by atoms with van der Waals surface area (Å²) in [4.78, 5) is 0.317. The van der Waals surface area contributed by atoms with E-state index in [1.165, 1.54) is 0 Å². The first-order valence-corrected chi connectivity index (χ1v) is 4.83. The fourth-order valence-electron chi connectivity index (χ4n) is 0.934. The van der Waals surface area contributed by atoms with E-state index < -0.39 is 11.1 Å². The van der Waals surface area contributed by atoms with Gasteiger partial charge in [0.25, 0.3) is 0 Å². The van der Waals surface area contributed by atoms with Crippen molar-refractivity contribution in [3.63, 3.8) is 0 Å². The molecule has 0 heterocycles. The summed E-state index contributed by atoms with van der Waals surface area (Å²) in [5, 5.41) is 0.599. The summed E-state index contributed by atoms with van der Waals surface area (Å²) in [7, 11) is 0. The van der Waals surface area contributed by atoms with Crippen LogP contribution in [-0.2, 0) is 11.1 Å². The van der Waals surface area contributed by atoms with Crippen LogP contribution in [0.1, 0.15) is 11.1 Å². The van der Waals surface area contributed by atoms with Gasteiger partial charge in [-0.1, -0.05) is 11.6 Å². The Hall–Kier alpha value is 0.620. The molecule has 0 aliphatic carbocycles.